The van der Waals surface area contributed by atoms with Crippen LogP contribution in [0.1, 0.15) is 39.0 Å². The van der Waals surface area contributed by atoms with E-state index in [1.807, 2.05) is 0 Å². The third-order valence-corrected chi connectivity index (χ3v) is 3.75. The maximum atomic E-state index is 3.46. The molecule has 0 bridgehead atoms. The zero-order valence-corrected chi connectivity index (χ0v) is 7.53. The van der Waals surface area contributed by atoms with Crippen LogP contribution in [0.25, 0.3) is 0 Å². The van der Waals surface area contributed by atoms with E-state index in [1.165, 1.54) is 45.2 Å². The summed E-state index contributed by atoms with van der Waals surface area (Å²) in [6.45, 7) is 4.92. The van der Waals surface area contributed by atoms with Gasteiger partial charge in [-0.05, 0) is 50.1 Å². The molecule has 1 saturated heterocycles. The second-order valence-corrected chi connectivity index (χ2v) is 4.24. The molecule has 0 aromatic rings. The number of piperidine rings is 1. The van der Waals surface area contributed by atoms with Crippen LogP contribution in [-0.2, 0) is 0 Å². The van der Waals surface area contributed by atoms with Crippen LogP contribution in [0.4, 0.5) is 0 Å². The maximum absolute atomic E-state index is 3.46. The summed E-state index contributed by atoms with van der Waals surface area (Å²) in [6.07, 6.45) is 7.34. The Morgan fingerprint density at radius 1 is 1.27 bits per heavy atom. The van der Waals surface area contributed by atoms with Crippen LogP contribution < -0.4 is 5.32 Å². The van der Waals surface area contributed by atoms with Crippen LogP contribution in [0, 0.1) is 11.3 Å². The Morgan fingerprint density at radius 2 is 1.91 bits per heavy atom. The fraction of sp³-hybridized carbons (Fsp3) is 1.00. The lowest BCUT2D eigenvalue weighted by Crippen LogP contribution is -2.37. The number of rotatable bonds is 2. The Balaban J connectivity index is 2.01. The first-order valence-electron chi connectivity index (χ1n) is 5.08. The molecule has 1 N–H and O–H groups in total. The van der Waals surface area contributed by atoms with E-state index in [4.69, 9.17) is 0 Å². The zero-order valence-electron chi connectivity index (χ0n) is 7.53. The molecular weight excluding hydrogens is 134 g/mol. The molecule has 0 amide bonds. The van der Waals surface area contributed by atoms with E-state index < -0.39 is 0 Å². The van der Waals surface area contributed by atoms with Gasteiger partial charge in [-0.25, -0.2) is 0 Å². The van der Waals surface area contributed by atoms with E-state index in [-0.39, 0.29) is 0 Å². The summed E-state index contributed by atoms with van der Waals surface area (Å²) in [4.78, 5) is 0. The first-order valence-corrected chi connectivity index (χ1v) is 5.08. The topological polar surface area (TPSA) is 12.0 Å². The third kappa shape index (κ3) is 1.31. The van der Waals surface area contributed by atoms with Gasteiger partial charge < -0.3 is 5.32 Å². The van der Waals surface area contributed by atoms with E-state index in [0.717, 1.165) is 11.3 Å². The van der Waals surface area contributed by atoms with Gasteiger partial charge >= 0.3 is 0 Å². The van der Waals surface area contributed by atoms with Crippen LogP contribution in [0.2, 0.25) is 0 Å². The van der Waals surface area contributed by atoms with Gasteiger partial charge in [-0.3, -0.25) is 0 Å². The summed E-state index contributed by atoms with van der Waals surface area (Å²) >= 11 is 0. The number of hydrogen-bond acceptors (Lipinski definition) is 1. The fourth-order valence-electron chi connectivity index (χ4n) is 2.67. The third-order valence-electron chi connectivity index (χ3n) is 3.75. The molecule has 0 aromatic carbocycles. The van der Waals surface area contributed by atoms with Gasteiger partial charge in [0.2, 0.25) is 0 Å². The molecule has 0 spiro atoms. The summed E-state index contributed by atoms with van der Waals surface area (Å²) in [5.74, 6) is 1.11. The van der Waals surface area contributed by atoms with E-state index in [9.17, 15) is 0 Å². The van der Waals surface area contributed by atoms with Crippen molar-refractivity contribution in [3.8, 4) is 0 Å². The first kappa shape index (κ1) is 7.60. The van der Waals surface area contributed by atoms with Crippen molar-refractivity contribution in [1.82, 2.24) is 5.32 Å². The quantitative estimate of drug-likeness (QED) is 0.641. The fourth-order valence-corrected chi connectivity index (χ4v) is 2.67. The Labute approximate surface area is 69.6 Å². The lowest BCUT2D eigenvalue weighted by molar-refractivity contribution is 0.158. The summed E-state index contributed by atoms with van der Waals surface area (Å²) in [6, 6.07) is 0. The van der Waals surface area contributed by atoms with Gasteiger partial charge in [0.1, 0.15) is 0 Å². The van der Waals surface area contributed by atoms with E-state index in [1.54, 1.807) is 0 Å². The van der Waals surface area contributed by atoms with Crippen LogP contribution in [0.5, 0.6) is 0 Å². The Kier molecular flexibility index (Phi) is 1.92. The second kappa shape index (κ2) is 2.78. The zero-order chi connectivity index (χ0) is 7.73. The Hall–Kier alpha value is -0.0400. The SMILES string of the molecule is CCC1(C2CC2)CCNCC1. The highest BCUT2D eigenvalue weighted by Gasteiger charge is 2.43. The molecule has 0 atom stereocenters. The summed E-state index contributed by atoms with van der Waals surface area (Å²) < 4.78 is 0. The average Bonchev–Trinajstić information content (AvgIpc) is 2.88. The normalized spacial score (nSPS) is 30.3. The van der Waals surface area contributed by atoms with Crippen LogP contribution in [0.15, 0.2) is 0 Å². The van der Waals surface area contributed by atoms with Crippen LogP contribution >= 0.6 is 0 Å². The largest absolute Gasteiger partial charge is 0.317 e. The molecule has 1 saturated carbocycles. The van der Waals surface area contributed by atoms with Crippen LogP contribution in [0.3, 0.4) is 0 Å². The van der Waals surface area contributed by atoms with Gasteiger partial charge in [0.15, 0.2) is 0 Å². The second-order valence-electron chi connectivity index (χ2n) is 4.24. The van der Waals surface area contributed by atoms with Gasteiger partial charge in [-0.2, -0.15) is 0 Å². The highest BCUT2D eigenvalue weighted by atomic mass is 14.9. The molecule has 0 aromatic heterocycles. The minimum absolute atomic E-state index is 0.769. The van der Waals surface area contributed by atoms with Gasteiger partial charge in [-0.15, -0.1) is 0 Å². The van der Waals surface area contributed by atoms with Crippen molar-refractivity contribution in [3.63, 3.8) is 0 Å². The lowest BCUT2D eigenvalue weighted by Gasteiger charge is -2.37. The Bertz CT molecular complexity index is 132. The van der Waals surface area contributed by atoms with E-state index in [2.05, 4.69) is 12.2 Å². The summed E-state index contributed by atoms with van der Waals surface area (Å²) in [5.41, 5.74) is 0.769. The lowest BCUT2D eigenvalue weighted by atomic mass is 9.73. The van der Waals surface area contributed by atoms with E-state index in [0.29, 0.717) is 0 Å². The molecule has 1 aliphatic heterocycles. The molecule has 1 nitrogen and oxygen atoms in total. The molecule has 2 aliphatic rings. The number of nitrogens with one attached hydrogen (secondary N) is 1. The number of hydrogen-bond donors (Lipinski definition) is 1. The van der Waals surface area contributed by atoms with Crippen molar-refractivity contribution in [3.05, 3.63) is 0 Å². The van der Waals surface area contributed by atoms with Crippen molar-refractivity contribution in [2.75, 3.05) is 13.1 Å². The summed E-state index contributed by atoms with van der Waals surface area (Å²) in [7, 11) is 0. The standard InChI is InChI=1S/C10H19N/c1-2-10(9-3-4-9)5-7-11-8-6-10/h9,11H,2-8H2,1H3. The van der Waals surface area contributed by atoms with Crippen molar-refractivity contribution >= 4 is 0 Å². The van der Waals surface area contributed by atoms with E-state index >= 15 is 0 Å². The predicted octanol–water partition coefficient (Wildman–Crippen LogP) is 2.18. The van der Waals surface area contributed by atoms with Gasteiger partial charge in [-0.1, -0.05) is 13.3 Å². The molecule has 1 heteroatoms. The first-order chi connectivity index (χ1) is 5.37. The molecule has 11 heavy (non-hydrogen) atoms. The molecule has 2 rings (SSSR count). The minimum Gasteiger partial charge on any atom is -0.317 e. The van der Waals surface area contributed by atoms with Crippen molar-refractivity contribution in [1.29, 1.82) is 0 Å². The highest BCUT2D eigenvalue weighted by molar-refractivity contribution is 4.95. The van der Waals surface area contributed by atoms with Crippen molar-refractivity contribution in [2.24, 2.45) is 11.3 Å². The molecule has 2 fully saturated rings. The smallest absolute Gasteiger partial charge is 0.00435 e. The average molecular weight is 153 g/mol. The van der Waals surface area contributed by atoms with Crippen molar-refractivity contribution in [2.45, 2.75) is 39.0 Å². The predicted molar refractivity (Wildman–Crippen MR) is 47.6 cm³/mol. The molecule has 0 unspecified atom stereocenters. The van der Waals surface area contributed by atoms with Crippen molar-refractivity contribution < 1.29 is 0 Å². The minimum atomic E-state index is 0.769. The van der Waals surface area contributed by atoms with Gasteiger partial charge in [0.05, 0.1) is 0 Å². The molecular formula is C10H19N. The monoisotopic (exact) mass is 153 g/mol. The maximum Gasteiger partial charge on any atom is -0.00435 e. The highest BCUT2D eigenvalue weighted by Crippen LogP contribution is 2.52. The molecule has 1 heterocycles. The summed E-state index contributed by atoms with van der Waals surface area (Å²) in [5, 5.41) is 3.46. The van der Waals surface area contributed by atoms with Crippen LogP contribution in [-0.4, -0.2) is 13.1 Å². The molecule has 0 radical (unpaired) electrons. The van der Waals surface area contributed by atoms with Gasteiger partial charge in [0, 0.05) is 0 Å². The Morgan fingerprint density at radius 3 is 2.36 bits per heavy atom. The van der Waals surface area contributed by atoms with Gasteiger partial charge in [0.25, 0.3) is 0 Å². The molecule has 64 valence electrons. The molecule has 1 aliphatic carbocycles.